The Morgan fingerprint density at radius 2 is 1.82 bits per heavy atom. The minimum Gasteiger partial charge on any atom is -0.480 e. The van der Waals surface area contributed by atoms with Crippen molar-refractivity contribution in [2.45, 2.75) is 64.0 Å². The Morgan fingerprint density at radius 1 is 1.24 bits per heavy atom. The number of aliphatic carboxylic acids is 1. The van der Waals surface area contributed by atoms with Gasteiger partial charge in [-0.15, -0.1) is 0 Å². The van der Waals surface area contributed by atoms with E-state index in [4.69, 9.17) is 5.11 Å². The highest BCUT2D eigenvalue weighted by atomic mass is 16.4. The molecule has 0 bridgehead atoms. The zero-order valence-corrected chi connectivity index (χ0v) is 10.4. The lowest BCUT2D eigenvalue weighted by Gasteiger charge is -2.19. The quantitative estimate of drug-likeness (QED) is 0.658. The fourth-order valence-electron chi connectivity index (χ4n) is 2.15. The molecular formula is C12H22N2O3. The largest absolute Gasteiger partial charge is 0.480 e. The third-order valence-electron chi connectivity index (χ3n) is 3.20. The number of rotatable bonds is 4. The molecule has 1 aliphatic carbocycles. The van der Waals surface area contributed by atoms with E-state index < -0.39 is 12.0 Å². The van der Waals surface area contributed by atoms with Crippen molar-refractivity contribution < 1.29 is 14.7 Å². The normalized spacial score (nSPS) is 19.1. The molecule has 5 nitrogen and oxygen atoms in total. The van der Waals surface area contributed by atoms with Gasteiger partial charge in [0, 0.05) is 6.04 Å². The third kappa shape index (κ3) is 5.06. The molecule has 0 saturated heterocycles. The summed E-state index contributed by atoms with van der Waals surface area (Å²) in [6, 6.07) is -0.948. The molecule has 0 spiro atoms. The predicted octanol–water partition coefficient (Wildman–Crippen LogP) is 1.87. The van der Waals surface area contributed by atoms with Gasteiger partial charge in [0.15, 0.2) is 0 Å². The minimum absolute atomic E-state index is 0.198. The summed E-state index contributed by atoms with van der Waals surface area (Å²) in [5.74, 6) is -0.983. The Labute approximate surface area is 102 Å². The van der Waals surface area contributed by atoms with Crippen molar-refractivity contribution in [1.82, 2.24) is 10.6 Å². The number of hydrogen-bond donors (Lipinski definition) is 3. The lowest BCUT2D eigenvalue weighted by Crippen LogP contribution is -2.48. The Hall–Kier alpha value is -1.26. The molecule has 2 amide bonds. The molecule has 98 valence electrons. The number of hydrogen-bond acceptors (Lipinski definition) is 2. The van der Waals surface area contributed by atoms with Crippen LogP contribution in [0.2, 0.25) is 0 Å². The van der Waals surface area contributed by atoms with Gasteiger partial charge in [-0.2, -0.15) is 0 Å². The van der Waals surface area contributed by atoms with Crippen LogP contribution in [-0.4, -0.2) is 29.2 Å². The van der Waals surface area contributed by atoms with Gasteiger partial charge in [-0.3, -0.25) is 0 Å². The van der Waals surface area contributed by atoms with Crippen molar-refractivity contribution in [2.24, 2.45) is 0 Å². The second-order valence-corrected chi connectivity index (χ2v) is 4.61. The van der Waals surface area contributed by atoms with Crippen LogP contribution in [-0.2, 0) is 4.79 Å². The van der Waals surface area contributed by atoms with Gasteiger partial charge in [0.05, 0.1) is 0 Å². The van der Waals surface area contributed by atoms with Gasteiger partial charge in [-0.1, -0.05) is 32.6 Å². The van der Waals surface area contributed by atoms with Crippen molar-refractivity contribution in [3.63, 3.8) is 0 Å². The maximum Gasteiger partial charge on any atom is 0.326 e. The SMILES string of the molecule is CC[C@H](NC(=O)NC1CCCCCC1)C(=O)O. The van der Waals surface area contributed by atoms with E-state index >= 15 is 0 Å². The Kier molecular flexibility index (Phi) is 5.80. The Morgan fingerprint density at radius 3 is 2.29 bits per heavy atom. The fourth-order valence-corrected chi connectivity index (χ4v) is 2.15. The molecule has 17 heavy (non-hydrogen) atoms. The van der Waals surface area contributed by atoms with Gasteiger partial charge in [0.2, 0.25) is 0 Å². The van der Waals surface area contributed by atoms with Crippen molar-refractivity contribution >= 4 is 12.0 Å². The standard InChI is InChI=1S/C12H22N2O3/c1-2-10(11(15)16)14-12(17)13-9-7-5-3-4-6-8-9/h9-10H,2-8H2,1H3,(H,15,16)(H2,13,14,17)/t10-/m0/s1. The van der Waals surface area contributed by atoms with E-state index in [9.17, 15) is 9.59 Å². The van der Waals surface area contributed by atoms with Gasteiger partial charge in [-0.25, -0.2) is 9.59 Å². The van der Waals surface area contributed by atoms with Crippen LogP contribution in [0.1, 0.15) is 51.9 Å². The minimum atomic E-state index is -0.983. The lowest BCUT2D eigenvalue weighted by molar-refractivity contribution is -0.139. The second kappa shape index (κ2) is 7.14. The average Bonchev–Trinajstić information content (AvgIpc) is 2.54. The second-order valence-electron chi connectivity index (χ2n) is 4.61. The van der Waals surface area contributed by atoms with Crippen molar-refractivity contribution in [3.05, 3.63) is 0 Å². The summed E-state index contributed by atoms with van der Waals surface area (Å²) in [5, 5.41) is 14.2. The van der Waals surface area contributed by atoms with Crippen LogP contribution in [0.15, 0.2) is 0 Å². The number of urea groups is 1. The monoisotopic (exact) mass is 242 g/mol. The summed E-state index contributed by atoms with van der Waals surface area (Å²) in [4.78, 5) is 22.4. The molecule has 1 aliphatic rings. The first-order chi connectivity index (χ1) is 8.13. The van der Waals surface area contributed by atoms with Crippen LogP contribution in [0.3, 0.4) is 0 Å². The summed E-state index contributed by atoms with van der Waals surface area (Å²) >= 11 is 0. The molecule has 1 rings (SSSR count). The van der Waals surface area contributed by atoms with Crippen LogP contribution in [0.4, 0.5) is 4.79 Å². The zero-order chi connectivity index (χ0) is 12.7. The van der Waals surface area contributed by atoms with Gasteiger partial charge >= 0.3 is 12.0 Å². The predicted molar refractivity (Wildman–Crippen MR) is 64.9 cm³/mol. The number of carbonyl (C=O) groups excluding carboxylic acids is 1. The molecule has 0 aromatic rings. The molecule has 5 heteroatoms. The molecule has 3 N–H and O–H groups in total. The third-order valence-corrected chi connectivity index (χ3v) is 3.20. The van der Waals surface area contributed by atoms with Crippen LogP contribution < -0.4 is 10.6 Å². The highest BCUT2D eigenvalue weighted by Gasteiger charge is 2.20. The molecule has 1 atom stereocenters. The van der Waals surface area contributed by atoms with E-state index in [1.165, 1.54) is 12.8 Å². The van der Waals surface area contributed by atoms with E-state index in [0.717, 1.165) is 25.7 Å². The lowest BCUT2D eigenvalue weighted by atomic mass is 10.1. The summed E-state index contributed by atoms with van der Waals surface area (Å²) in [7, 11) is 0. The zero-order valence-electron chi connectivity index (χ0n) is 10.4. The van der Waals surface area contributed by atoms with E-state index in [2.05, 4.69) is 10.6 Å². The van der Waals surface area contributed by atoms with Gasteiger partial charge in [-0.05, 0) is 19.3 Å². The number of carboxylic acids is 1. The molecule has 0 heterocycles. The summed E-state index contributed by atoms with van der Waals surface area (Å²) in [6.45, 7) is 1.74. The summed E-state index contributed by atoms with van der Waals surface area (Å²) in [5.41, 5.74) is 0. The maximum atomic E-state index is 11.6. The molecular weight excluding hydrogens is 220 g/mol. The number of carbonyl (C=O) groups is 2. The number of nitrogens with one attached hydrogen (secondary N) is 2. The molecule has 0 aromatic heterocycles. The molecule has 0 unspecified atom stereocenters. The average molecular weight is 242 g/mol. The topological polar surface area (TPSA) is 78.4 Å². The van der Waals surface area contributed by atoms with E-state index in [-0.39, 0.29) is 12.1 Å². The van der Waals surface area contributed by atoms with E-state index in [1.54, 1.807) is 6.92 Å². The molecule has 0 radical (unpaired) electrons. The smallest absolute Gasteiger partial charge is 0.326 e. The Bertz CT molecular complexity index is 260. The number of carboxylic acid groups (broad SMARTS) is 1. The number of amides is 2. The maximum absolute atomic E-state index is 11.6. The molecule has 1 saturated carbocycles. The first-order valence-electron chi connectivity index (χ1n) is 6.43. The highest BCUT2D eigenvalue weighted by Crippen LogP contribution is 2.16. The van der Waals surface area contributed by atoms with Crippen LogP contribution in [0.5, 0.6) is 0 Å². The van der Waals surface area contributed by atoms with Gasteiger partial charge in [0.1, 0.15) is 6.04 Å². The van der Waals surface area contributed by atoms with Crippen molar-refractivity contribution in [1.29, 1.82) is 0 Å². The summed E-state index contributed by atoms with van der Waals surface area (Å²) in [6.07, 6.45) is 7.13. The van der Waals surface area contributed by atoms with Crippen molar-refractivity contribution in [3.8, 4) is 0 Å². The highest BCUT2D eigenvalue weighted by molar-refractivity contribution is 5.82. The van der Waals surface area contributed by atoms with E-state index in [1.807, 2.05) is 0 Å². The van der Waals surface area contributed by atoms with Crippen molar-refractivity contribution in [2.75, 3.05) is 0 Å². The van der Waals surface area contributed by atoms with Gasteiger partial charge in [0.25, 0.3) is 0 Å². The first-order valence-corrected chi connectivity index (χ1v) is 6.43. The molecule has 1 fully saturated rings. The van der Waals surface area contributed by atoms with Crippen LogP contribution in [0.25, 0.3) is 0 Å². The summed E-state index contributed by atoms with van der Waals surface area (Å²) < 4.78 is 0. The van der Waals surface area contributed by atoms with E-state index in [0.29, 0.717) is 6.42 Å². The fraction of sp³-hybridized carbons (Fsp3) is 0.833. The molecule has 0 aliphatic heterocycles. The van der Waals surface area contributed by atoms with Crippen LogP contribution in [0, 0.1) is 0 Å². The van der Waals surface area contributed by atoms with Gasteiger partial charge < -0.3 is 15.7 Å². The van der Waals surface area contributed by atoms with Crippen LogP contribution >= 0.6 is 0 Å². The molecule has 0 aromatic carbocycles. The first kappa shape index (κ1) is 13.8. The Balaban J connectivity index is 2.34.